The van der Waals surface area contributed by atoms with E-state index in [-0.39, 0.29) is 5.92 Å². The fraction of sp³-hybridized carbons (Fsp3) is 0.750. The number of nitrogens with one attached hydrogen (secondary N) is 2. The van der Waals surface area contributed by atoms with E-state index in [0.717, 1.165) is 0 Å². The van der Waals surface area contributed by atoms with Crippen molar-refractivity contribution in [3.63, 3.8) is 0 Å². The molecular formula is C8H18N4O2. The van der Waals surface area contributed by atoms with E-state index in [0.29, 0.717) is 13.0 Å². The molecular weight excluding hydrogens is 184 g/mol. The molecule has 0 saturated carbocycles. The minimum absolute atomic E-state index is 0.321. The van der Waals surface area contributed by atoms with Gasteiger partial charge in [0.25, 0.3) is 0 Å². The lowest BCUT2D eigenvalue weighted by atomic mass is 9.99. The zero-order valence-corrected chi connectivity index (χ0v) is 8.54. The van der Waals surface area contributed by atoms with Gasteiger partial charge in [-0.1, -0.05) is 0 Å². The highest BCUT2D eigenvalue weighted by Crippen LogP contribution is 2.04. The van der Waals surface area contributed by atoms with E-state index in [4.69, 9.17) is 11.5 Å². The van der Waals surface area contributed by atoms with Gasteiger partial charge in [-0.15, -0.1) is 0 Å². The minimum Gasteiger partial charge on any atom is -0.369 e. The van der Waals surface area contributed by atoms with E-state index in [1.165, 1.54) is 0 Å². The van der Waals surface area contributed by atoms with Crippen LogP contribution in [0.2, 0.25) is 0 Å². The summed E-state index contributed by atoms with van der Waals surface area (Å²) >= 11 is 0. The molecule has 0 aromatic heterocycles. The third-order valence-electron chi connectivity index (χ3n) is 2.07. The van der Waals surface area contributed by atoms with Gasteiger partial charge in [-0.25, -0.2) is 0 Å². The van der Waals surface area contributed by atoms with Crippen LogP contribution in [0.1, 0.15) is 6.42 Å². The Hall–Kier alpha value is -1.14. The van der Waals surface area contributed by atoms with Gasteiger partial charge in [-0.05, 0) is 20.5 Å². The maximum Gasteiger partial charge on any atom is 0.234 e. The van der Waals surface area contributed by atoms with Gasteiger partial charge in [0.05, 0.1) is 12.0 Å². The van der Waals surface area contributed by atoms with Crippen molar-refractivity contribution in [1.82, 2.24) is 10.6 Å². The number of carbonyl (C=O) groups excluding carboxylic acids is 2. The van der Waals surface area contributed by atoms with Crippen molar-refractivity contribution in [2.75, 3.05) is 20.6 Å². The molecule has 0 heterocycles. The van der Waals surface area contributed by atoms with Crippen molar-refractivity contribution in [2.45, 2.75) is 12.5 Å². The van der Waals surface area contributed by atoms with Gasteiger partial charge >= 0.3 is 0 Å². The van der Waals surface area contributed by atoms with Gasteiger partial charge in [0.2, 0.25) is 11.8 Å². The molecule has 6 heteroatoms. The van der Waals surface area contributed by atoms with Crippen molar-refractivity contribution in [3.8, 4) is 0 Å². The van der Waals surface area contributed by atoms with E-state index in [1.54, 1.807) is 14.1 Å². The Morgan fingerprint density at radius 3 is 2.07 bits per heavy atom. The lowest BCUT2D eigenvalue weighted by molar-refractivity contribution is -0.123. The molecule has 14 heavy (non-hydrogen) atoms. The topological polar surface area (TPSA) is 110 Å². The highest BCUT2D eigenvalue weighted by Gasteiger charge is 2.22. The van der Waals surface area contributed by atoms with Crippen LogP contribution >= 0.6 is 0 Å². The van der Waals surface area contributed by atoms with E-state index in [1.807, 2.05) is 0 Å². The minimum atomic E-state index is -0.513. The van der Waals surface area contributed by atoms with E-state index in [2.05, 4.69) is 10.6 Å². The zero-order valence-electron chi connectivity index (χ0n) is 8.54. The molecule has 0 fully saturated rings. The summed E-state index contributed by atoms with van der Waals surface area (Å²) in [5, 5.41) is 5.57. The number of hydrogen-bond acceptors (Lipinski definition) is 4. The summed E-state index contributed by atoms with van der Waals surface area (Å²) in [6, 6.07) is -0.513. The summed E-state index contributed by atoms with van der Waals surface area (Å²) in [4.78, 5) is 21.8. The highest BCUT2D eigenvalue weighted by atomic mass is 16.2. The number of carbonyl (C=O) groups is 2. The van der Waals surface area contributed by atoms with Crippen LogP contribution in [-0.2, 0) is 9.59 Å². The fourth-order valence-corrected chi connectivity index (χ4v) is 1.21. The number of nitrogens with two attached hydrogens (primary N) is 2. The number of rotatable bonds is 7. The van der Waals surface area contributed by atoms with E-state index >= 15 is 0 Å². The molecule has 0 aromatic rings. The van der Waals surface area contributed by atoms with Crippen LogP contribution in [0.15, 0.2) is 0 Å². The first kappa shape index (κ1) is 12.9. The summed E-state index contributed by atoms with van der Waals surface area (Å²) in [6.07, 6.45) is 0.321. The second-order valence-electron chi connectivity index (χ2n) is 3.14. The van der Waals surface area contributed by atoms with Crippen LogP contribution < -0.4 is 22.1 Å². The molecule has 6 nitrogen and oxygen atoms in total. The monoisotopic (exact) mass is 202 g/mol. The van der Waals surface area contributed by atoms with Crippen molar-refractivity contribution in [1.29, 1.82) is 0 Å². The highest BCUT2D eigenvalue weighted by molar-refractivity contribution is 5.82. The average molecular weight is 202 g/mol. The molecule has 2 unspecified atom stereocenters. The number of amides is 2. The standard InChI is InChI=1S/C8H18N4O2/c1-11-4-5(7(9)13)3-6(12-2)8(10)14/h5-6,11-12H,3-4H2,1-2H3,(H2,9,13)(H2,10,14). The second-order valence-corrected chi connectivity index (χ2v) is 3.14. The second kappa shape index (κ2) is 6.33. The van der Waals surface area contributed by atoms with Crippen LogP contribution in [-0.4, -0.2) is 38.5 Å². The first-order valence-corrected chi connectivity index (χ1v) is 4.43. The van der Waals surface area contributed by atoms with Crippen LogP contribution in [0.5, 0.6) is 0 Å². The number of primary amides is 2. The smallest absolute Gasteiger partial charge is 0.234 e. The lowest BCUT2D eigenvalue weighted by Gasteiger charge is -2.18. The normalized spacial score (nSPS) is 14.7. The van der Waals surface area contributed by atoms with Gasteiger partial charge in [-0.2, -0.15) is 0 Å². The summed E-state index contributed by atoms with van der Waals surface area (Å²) in [5.41, 5.74) is 10.3. The maximum atomic E-state index is 11.0. The van der Waals surface area contributed by atoms with Crippen LogP contribution in [0.25, 0.3) is 0 Å². The molecule has 0 aliphatic rings. The SMILES string of the molecule is CNCC(CC(NC)C(N)=O)C(N)=O. The molecule has 2 amide bonds. The van der Waals surface area contributed by atoms with Crippen molar-refractivity contribution >= 4 is 11.8 Å². The van der Waals surface area contributed by atoms with Gasteiger partial charge < -0.3 is 22.1 Å². The maximum absolute atomic E-state index is 11.0. The quantitative estimate of drug-likeness (QED) is 0.374. The first-order valence-electron chi connectivity index (χ1n) is 4.43. The first-order chi connectivity index (χ1) is 6.52. The predicted octanol–water partition coefficient (Wildman–Crippen LogP) is -2.23. The molecule has 6 N–H and O–H groups in total. The summed E-state index contributed by atoms with van der Waals surface area (Å²) in [6.45, 7) is 0.445. The van der Waals surface area contributed by atoms with Gasteiger partial charge in [-0.3, -0.25) is 9.59 Å². The average Bonchev–Trinajstić information content (AvgIpc) is 2.11. The Kier molecular flexibility index (Phi) is 5.82. The Bertz CT molecular complexity index is 208. The largest absolute Gasteiger partial charge is 0.369 e. The molecule has 0 aliphatic carbocycles. The molecule has 0 bridgehead atoms. The summed E-state index contributed by atoms with van der Waals surface area (Å²) in [7, 11) is 3.33. The van der Waals surface area contributed by atoms with E-state index < -0.39 is 17.9 Å². The van der Waals surface area contributed by atoms with Gasteiger partial charge in [0.15, 0.2) is 0 Å². The predicted molar refractivity (Wildman–Crippen MR) is 53.3 cm³/mol. The molecule has 0 spiro atoms. The molecule has 0 aliphatic heterocycles. The lowest BCUT2D eigenvalue weighted by Crippen LogP contribution is -2.44. The van der Waals surface area contributed by atoms with Gasteiger partial charge in [0, 0.05) is 6.54 Å². The molecule has 82 valence electrons. The summed E-state index contributed by atoms with van der Waals surface area (Å²) in [5.74, 6) is -1.29. The van der Waals surface area contributed by atoms with Gasteiger partial charge in [0.1, 0.15) is 0 Å². The zero-order chi connectivity index (χ0) is 11.1. The van der Waals surface area contributed by atoms with Crippen LogP contribution in [0, 0.1) is 5.92 Å². The Morgan fingerprint density at radius 2 is 1.79 bits per heavy atom. The molecule has 0 aromatic carbocycles. The van der Waals surface area contributed by atoms with Crippen molar-refractivity contribution < 1.29 is 9.59 Å². The number of hydrogen-bond donors (Lipinski definition) is 4. The van der Waals surface area contributed by atoms with E-state index in [9.17, 15) is 9.59 Å². The van der Waals surface area contributed by atoms with Crippen LogP contribution in [0.4, 0.5) is 0 Å². The third-order valence-corrected chi connectivity index (χ3v) is 2.07. The fourth-order valence-electron chi connectivity index (χ4n) is 1.21. The van der Waals surface area contributed by atoms with Crippen LogP contribution in [0.3, 0.4) is 0 Å². The Morgan fingerprint density at radius 1 is 1.21 bits per heavy atom. The summed E-state index contributed by atoms with van der Waals surface area (Å²) < 4.78 is 0. The Labute approximate surface area is 83.4 Å². The third kappa shape index (κ3) is 4.20. The van der Waals surface area contributed by atoms with Crippen molar-refractivity contribution in [2.24, 2.45) is 17.4 Å². The molecule has 2 atom stereocenters. The Balaban J connectivity index is 4.25. The number of likely N-dealkylation sites (N-methyl/N-ethyl adjacent to an activating group) is 1. The molecule has 0 saturated heterocycles. The van der Waals surface area contributed by atoms with Crippen molar-refractivity contribution in [3.05, 3.63) is 0 Å². The molecule has 0 radical (unpaired) electrons. The molecule has 0 rings (SSSR count).